The SMILES string of the molecule is C[C@@H](Cc1cccc([C@@H](C)C(=O)O)c1)c1ccccc1. The van der Waals surface area contributed by atoms with Gasteiger partial charge in [0.2, 0.25) is 0 Å². The highest BCUT2D eigenvalue weighted by molar-refractivity contribution is 5.75. The van der Waals surface area contributed by atoms with Crippen LogP contribution in [0.4, 0.5) is 0 Å². The van der Waals surface area contributed by atoms with Gasteiger partial charge in [-0.25, -0.2) is 0 Å². The number of hydrogen-bond acceptors (Lipinski definition) is 1. The monoisotopic (exact) mass is 268 g/mol. The zero-order valence-electron chi connectivity index (χ0n) is 11.9. The smallest absolute Gasteiger partial charge is 0.310 e. The summed E-state index contributed by atoms with van der Waals surface area (Å²) in [6, 6.07) is 18.3. The molecule has 104 valence electrons. The van der Waals surface area contributed by atoms with Crippen LogP contribution in [0.15, 0.2) is 54.6 Å². The van der Waals surface area contributed by atoms with Crippen molar-refractivity contribution in [2.45, 2.75) is 32.1 Å². The van der Waals surface area contributed by atoms with Crippen molar-refractivity contribution in [3.8, 4) is 0 Å². The minimum Gasteiger partial charge on any atom is -0.481 e. The number of aliphatic carboxylic acids is 1. The predicted octanol–water partition coefficient (Wildman–Crippen LogP) is 4.22. The van der Waals surface area contributed by atoms with Crippen molar-refractivity contribution in [3.63, 3.8) is 0 Å². The molecular formula is C18H20O2. The summed E-state index contributed by atoms with van der Waals surface area (Å²) in [6.45, 7) is 3.92. The van der Waals surface area contributed by atoms with Crippen LogP contribution in [0.25, 0.3) is 0 Å². The third kappa shape index (κ3) is 3.47. The molecule has 0 fully saturated rings. The molecule has 2 atom stereocenters. The fraction of sp³-hybridized carbons (Fsp3) is 0.278. The Morgan fingerprint density at radius 1 is 1.00 bits per heavy atom. The first-order valence-corrected chi connectivity index (χ1v) is 6.94. The molecule has 0 bridgehead atoms. The highest BCUT2D eigenvalue weighted by atomic mass is 16.4. The van der Waals surface area contributed by atoms with Gasteiger partial charge < -0.3 is 5.11 Å². The van der Waals surface area contributed by atoms with Crippen LogP contribution in [0, 0.1) is 0 Å². The molecule has 2 heteroatoms. The van der Waals surface area contributed by atoms with Crippen molar-refractivity contribution in [2.24, 2.45) is 0 Å². The maximum atomic E-state index is 11.1. The fourth-order valence-corrected chi connectivity index (χ4v) is 2.38. The maximum absolute atomic E-state index is 11.1. The second kappa shape index (κ2) is 6.38. The van der Waals surface area contributed by atoms with Crippen LogP contribution < -0.4 is 0 Å². The van der Waals surface area contributed by atoms with Gasteiger partial charge in [0.1, 0.15) is 0 Å². The lowest BCUT2D eigenvalue weighted by molar-refractivity contribution is -0.138. The second-order valence-electron chi connectivity index (χ2n) is 5.32. The van der Waals surface area contributed by atoms with Crippen molar-refractivity contribution in [1.29, 1.82) is 0 Å². The minimum atomic E-state index is -0.779. The molecular weight excluding hydrogens is 248 g/mol. The van der Waals surface area contributed by atoms with Crippen LogP contribution in [0.3, 0.4) is 0 Å². The van der Waals surface area contributed by atoms with Crippen LogP contribution in [-0.4, -0.2) is 11.1 Å². The second-order valence-corrected chi connectivity index (χ2v) is 5.32. The average Bonchev–Trinajstić information content (AvgIpc) is 2.47. The summed E-state index contributed by atoms with van der Waals surface area (Å²) in [5.41, 5.74) is 3.37. The van der Waals surface area contributed by atoms with Crippen LogP contribution in [-0.2, 0) is 11.2 Å². The zero-order chi connectivity index (χ0) is 14.5. The van der Waals surface area contributed by atoms with E-state index in [1.807, 2.05) is 24.3 Å². The van der Waals surface area contributed by atoms with E-state index in [0.29, 0.717) is 5.92 Å². The van der Waals surface area contributed by atoms with E-state index in [1.54, 1.807) is 6.92 Å². The molecule has 0 saturated carbocycles. The Morgan fingerprint density at radius 3 is 2.30 bits per heavy atom. The fourth-order valence-electron chi connectivity index (χ4n) is 2.38. The number of rotatable bonds is 5. The van der Waals surface area contributed by atoms with Gasteiger partial charge in [0.15, 0.2) is 0 Å². The van der Waals surface area contributed by atoms with Gasteiger partial charge in [-0.1, -0.05) is 61.5 Å². The molecule has 0 heterocycles. The summed E-state index contributed by atoms with van der Waals surface area (Å²) in [4.78, 5) is 11.1. The van der Waals surface area contributed by atoms with E-state index < -0.39 is 11.9 Å². The van der Waals surface area contributed by atoms with E-state index in [-0.39, 0.29) is 0 Å². The lowest BCUT2D eigenvalue weighted by Crippen LogP contribution is -2.08. The number of carboxylic acids is 1. The highest BCUT2D eigenvalue weighted by Crippen LogP contribution is 2.23. The van der Waals surface area contributed by atoms with E-state index in [1.165, 1.54) is 11.1 Å². The van der Waals surface area contributed by atoms with Gasteiger partial charge in [0, 0.05) is 0 Å². The largest absolute Gasteiger partial charge is 0.481 e. The van der Waals surface area contributed by atoms with Gasteiger partial charge in [-0.05, 0) is 36.0 Å². The molecule has 0 unspecified atom stereocenters. The molecule has 0 aliphatic heterocycles. The maximum Gasteiger partial charge on any atom is 0.310 e. The van der Waals surface area contributed by atoms with Crippen molar-refractivity contribution in [1.82, 2.24) is 0 Å². The molecule has 0 aliphatic carbocycles. The summed E-state index contributed by atoms with van der Waals surface area (Å²) in [7, 11) is 0. The molecule has 2 rings (SSSR count). The molecule has 20 heavy (non-hydrogen) atoms. The normalized spacial score (nSPS) is 13.7. The Bertz CT molecular complexity index is 575. The molecule has 0 amide bonds. The number of benzene rings is 2. The van der Waals surface area contributed by atoms with Crippen molar-refractivity contribution in [3.05, 3.63) is 71.3 Å². The standard InChI is InChI=1S/C18H20O2/c1-13(16-8-4-3-5-9-16)11-15-7-6-10-17(12-15)14(2)18(19)20/h3-10,12-14H,11H2,1-2H3,(H,19,20)/t13-,14+/m0/s1. The van der Waals surface area contributed by atoms with E-state index >= 15 is 0 Å². The van der Waals surface area contributed by atoms with Crippen molar-refractivity contribution >= 4 is 5.97 Å². The van der Waals surface area contributed by atoms with Crippen molar-refractivity contribution in [2.75, 3.05) is 0 Å². The predicted molar refractivity (Wildman–Crippen MR) is 81.1 cm³/mol. The highest BCUT2D eigenvalue weighted by Gasteiger charge is 2.14. The molecule has 2 aromatic carbocycles. The van der Waals surface area contributed by atoms with Gasteiger partial charge in [0.25, 0.3) is 0 Å². The lowest BCUT2D eigenvalue weighted by atomic mass is 9.91. The number of hydrogen-bond donors (Lipinski definition) is 1. The van der Waals surface area contributed by atoms with Gasteiger partial charge in [-0.3, -0.25) is 4.79 Å². The Balaban J connectivity index is 2.14. The molecule has 1 N–H and O–H groups in total. The summed E-state index contributed by atoms with van der Waals surface area (Å²) in [6.07, 6.45) is 0.921. The molecule has 2 nitrogen and oxygen atoms in total. The summed E-state index contributed by atoms with van der Waals surface area (Å²) in [5.74, 6) is -0.813. The van der Waals surface area contributed by atoms with Crippen LogP contribution in [0.5, 0.6) is 0 Å². The Hall–Kier alpha value is -2.09. The molecule has 0 aliphatic rings. The quantitative estimate of drug-likeness (QED) is 0.881. The summed E-state index contributed by atoms with van der Waals surface area (Å²) in [5, 5.41) is 9.09. The minimum absolute atomic E-state index is 0.423. The van der Waals surface area contributed by atoms with E-state index in [0.717, 1.165) is 12.0 Å². The van der Waals surface area contributed by atoms with Crippen LogP contribution in [0.1, 0.15) is 42.4 Å². The van der Waals surface area contributed by atoms with Crippen molar-refractivity contribution < 1.29 is 9.90 Å². The topological polar surface area (TPSA) is 37.3 Å². The van der Waals surface area contributed by atoms with E-state index in [4.69, 9.17) is 5.11 Å². The first-order chi connectivity index (χ1) is 9.58. The molecule has 0 saturated heterocycles. The van der Waals surface area contributed by atoms with Gasteiger partial charge >= 0.3 is 5.97 Å². The first kappa shape index (κ1) is 14.3. The molecule has 2 aromatic rings. The third-order valence-electron chi connectivity index (χ3n) is 3.73. The third-order valence-corrected chi connectivity index (χ3v) is 3.73. The zero-order valence-corrected chi connectivity index (χ0v) is 11.9. The molecule has 0 radical (unpaired) electrons. The Labute approximate surface area is 120 Å². The van der Waals surface area contributed by atoms with Crippen LogP contribution in [0.2, 0.25) is 0 Å². The Kier molecular flexibility index (Phi) is 4.57. The number of carboxylic acid groups (broad SMARTS) is 1. The number of carbonyl (C=O) groups is 1. The van der Waals surface area contributed by atoms with Gasteiger partial charge in [-0.2, -0.15) is 0 Å². The van der Waals surface area contributed by atoms with Gasteiger partial charge in [0.05, 0.1) is 5.92 Å². The average molecular weight is 268 g/mol. The van der Waals surface area contributed by atoms with Gasteiger partial charge in [-0.15, -0.1) is 0 Å². The van der Waals surface area contributed by atoms with Crippen LogP contribution >= 0.6 is 0 Å². The first-order valence-electron chi connectivity index (χ1n) is 6.94. The van der Waals surface area contributed by atoms with E-state index in [9.17, 15) is 4.79 Å². The summed E-state index contributed by atoms with van der Waals surface area (Å²) < 4.78 is 0. The lowest BCUT2D eigenvalue weighted by Gasteiger charge is -2.14. The summed E-state index contributed by atoms with van der Waals surface area (Å²) >= 11 is 0. The van der Waals surface area contributed by atoms with E-state index in [2.05, 4.69) is 37.3 Å². The Morgan fingerprint density at radius 2 is 1.65 bits per heavy atom. The molecule has 0 spiro atoms. The molecule has 0 aromatic heterocycles.